The van der Waals surface area contributed by atoms with Gasteiger partial charge < -0.3 is 9.64 Å². The second kappa shape index (κ2) is 6.03. The van der Waals surface area contributed by atoms with Crippen molar-refractivity contribution >= 4 is 17.5 Å². The van der Waals surface area contributed by atoms with E-state index >= 15 is 0 Å². The molecule has 2 aromatic carbocycles. The molecule has 2 aliphatic rings. The SMILES string of the molecule is C#Cc1ccc2c(c1)C1(c3ccccc3)OC(C)=CC(=O)N1CC(=O)N2C. The van der Waals surface area contributed by atoms with Gasteiger partial charge in [0.05, 0.1) is 5.69 Å². The van der Waals surface area contributed by atoms with E-state index < -0.39 is 5.72 Å². The van der Waals surface area contributed by atoms with E-state index in [-0.39, 0.29) is 18.4 Å². The van der Waals surface area contributed by atoms with Crippen LogP contribution in [0.4, 0.5) is 5.69 Å². The standard InChI is InChI=1S/C22H18N2O3/c1-4-16-10-11-19-18(13-16)22(17-8-6-5-7-9-17)24(14-21(26)23(19)3)20(25)12-15(2)27-22/h1,5-13H,14H2,2-3H3. The Morgan fingerprint density at radius 1 is 1.15 bits per heavy atom. The van der Waals surface area contributed by atoms with E-state index in [0.717, 1.165) is 5.56 Å². The molecule has 0 saturated carbocycles. The van der Waals surface area contributed by atoms with E-state index in [9.17, 15) is 9.59 Å². The molecule has 5 nitrogen and oxygen atoms in total. The van der Waals surface area contributed by atoms with Crippen LogP contribution in [-0.2, 0) is 20.1 Å². The van der Waals surface area contributed by atoms with Gasteiger partial charge in [0, 0.05) is 29.8 Å². The van der Waals surface area contributed by atoms with E-state index in [1.807, 2.05) is 36.4 Å². The third kappa shape index (κ3) is 2.42. The highest BCUT2D eigenvalue weighted by molar-refractivity contribution is 6.01. The number of terminal acetylenes is 1. The Morgan fingerprint density at radius 2 is 1.89 bits per heavy atom. The maximum atomic E-state index is 12.9. The first-order valence-corrected chi connectivity index (χ1v) is 8.59. The minimum absolute atomic E-state index is 0.103. The van der Waals surface area contributed by atoms with Crippen molar-refractivity contribution in [2.24, 2.45) is 0 Å². The molecule has 134 valence electrons. The first-order chi connectivity index (χ1) is 13.0. The summed E-state index contributed by atoms with van der Waals surface area (Å²) in [5, 5.41) is 0. The Balaban J connectivity index is 2.13. The van der Waals surface area contributed by atoms with Gasteiger partial charge in [0.2, 0.25) is 11.6 Å². The number of anilines is 1. The Kier molecular flexibility index (Phi) is 3.78. The number of fused-ring (bicyclic) bond motifs is 3. The van der Waals surface area contributed by atoms with Crippen molar-refractivity contribution in [2.45, 2.75) is 12.6 Å². The molecule has 1 atom stereocenters. The van der Waals surface area contributed by atoms with Crippen molar-refractivity contribution in [1.82, 2.24) is 4.90 Å². The molecule has 2 aliphatic heterocycles. The minimum Gasteiger partial charge on any atom is -0.464 e. The average molecular weight is 358 g/mol. The monoisotopic (exact) mass is 358 g/mol. The van der Waals surface area contributed by atoms with Gasteiger partial charge in [-0.3, -0.25) is 14.5 Å². The second-order valence-electron chi connectivity index (χ2n) is 6.62. The first kappa shape index (κ1) is 16.9. The van der Waals surface area contributed by atoms with E-state index in [2.05, 4.69) is 5.92 Å². The number of allylic oxidation sites excluding steroid dienone is 1. The van der Waals surface area contributed by atoms with Crippen LogP contribution >= 0.6 is 0 Å². The van der Waals surface area contributed by atoms with E-state index in [1.165, 1.54) is 11.0 Å². The van der Waals surface area contributed by atoms with Crippen LogP contribution in [0.2, 0.25) is 0 Å². The van der Waals surface area contributed by atoms with Crippen LogP contribution in [0.3, 0.4) is 0 Å². The van der Waals surface area contributed by atoms with Crippen LogP contribution in [0.5, 0.6) is 0 Å². The van der Waals surface area contributed by atoms with Gasteiger partial charge in [-0.05, 0) is 25.1 Å². The van der Waals surface area contributed by atoms with Crippen molar-refractivity contribution in [3.63, 3.8) is 0 Å². The molecular weight excluding hydrogens is 340 g/mol. The van der Waals surface area contributed by atoms with E-state index in [4.69, 9.17) is 11.2 Å². The smallest absolute Gasteiger partial charge is 0.254 e. The molecule has 2 aromatic rings. The van der Waals surface area contributed by atoms with Crippen LogP contribution < -0.4 is 4.90 Å². The number of hydrogen-bond acceptors (Lipinski definition) is 3. The first-order valence-electron chi connectivity index (χ1n) is 8.59. The van der Waals surface area contributed by atoms with E-state index in [0.29, 0.717) is 22.6 Å². The number of benzene rings is 2. The zero-order chi connectivity index (χ0) is 19.2. The van der Waals surface area contributed by atoms with E-state index in [1.54, 1.807) is 31.0 Å². The molecule has 0 aromatic heterocycles. The lowest BCUT2D eigenvalue weighted by Crippen LogP contribution is -2.54. The molecule has 5 heteroatoms. The second-order valence-corrected chi connectivity index (χ2v) is 6.62. The van der Waals surface area contributed by atoms with Crippen LogP contribution in [0.15, 0.2) is 60.4 Å². The van der Waals surface area contributed by atoms with Crippen LogP contribution in [0.25, 0.3) is 0 Å². The van der Waals surface area contributed by atoms with Crippen molar-refractivity contribution in [1.29, 1.82) is 0 Å². The zero-order valence-electron chi connectivity index (χ0n) is 15.1. The average Bonchev–Trinajstić information content (AvgIpc) is 2.77. The van der Waals surface area contributed by atoms with Gasteiger partial charge in [0.15, 0.2) is 0 Å². The molecule has 27 heavy (non-hydrogen) atoms. The maximum absolute atomic E-state index is 12.9. The Morgan fingerprint density at radius 3 is 2.59 bits per heavy atom. The molecule has 0 spiro atoms. The van der Waals surface area contributed by atoms with Crippen molar-refractivity contribution in [3.05, 3.63) is 77.1 Å². The van der Waals surface area contributed by atoms with Crippen molar-refractivity contribution in [2.75, 3.05) is 18.5 Å². The lowest BCUT2D eigenvalue weighted by atomic mass is 9.89. The molecule has 0 saturated heterocycles. The lowest BCUT2D eigenvalue weighted by molar-refractivity contribution is -0.161. The summed E-state index contributed by atoms with van der Waals surface area (Å²) in [5.41, 5.74) is 1.46. The van der Waals surface area contributed by atoms with Gasteiger partial charge in [0.1, 0.15) is 12.3 Å². The van der Waals surface area contributed by atoms with Crippen LogP contribution in [0.1, 0.15) is 23.6 Å². The third-order valence-electron chi connectivity index (χ3n) is 5.00. The summed E-state index contributed by atoms with van der Waals surface area (Å²) in [6.45, 7) is 1.63. The number of rotatable bonds is 1. The molecule has 0 N–H and O–H groups in total. The van der Waals surface area contributed by atoms with Crippen LogP contribution in [-0.4, -0.2) is 30.3 Å². The Bertz CT molecular complexity index is 1020. The van der Waals surface area contributed by atoms with Gasteiger partial charge in [-0.1, -0.05) is 36.3 Å². The lowest BCUT2D eigenvalue weighted by Gasteiger charge is -2.45. The van der Waals surface area contributed by atoms with Gasteiger partial charge >= 0.3 is 0 Å². The number of hydrogen-bond donors (Lipinski definition) is 0. The number of carbonyl (C=O) groups excluding carboxylic acids is 2. The fourth-order valence-electron chi connectivity index (χ4n) is 3.71. The number of carbonyl (C=O) groups is 2. The molecule has 2 heterocycles. The highest BCUT2D eigenvalue weighted by atomic mass is 16.5. The number of nitrogens with zero attached hydrogens (tertiary/aromatic N) is 2. The fraction of sp³-hybridized carbons (Fsp3) is 0.182. The van der Waals surface area contributed by atoms with Gasteiger partial charge in [0.25, 0.3) is 5.91 Å². The van der Waals surface area contributed by atoms with Gasteiger partial charge in [-0.15, -0.1) is 6.42 Å². The van der Waals surface area contributed by atoms with Gasteiger partial charge in [-0.2, -0.15) is 0 Å². The molecule has 4 rings (SSSR count). The zero-order valence-corrected chi connectivity index (χ0v) is 15.1. The molecule has 0 radical (unpaired) electrons. The van der Waals surface area contributed by atoms with Crippen molar-refractivity contribution in [3.8, 4) is 12.3 Å². The third-order valence-corrected chi connectivity index (χ3v) is 5.00. The maximum Gasteiger partial charge on any atom is 0.254 e. The van der Waals surface area contributed by atoms with Crippen molar-refractivity contribution < 1.29 is 14.3 Å². The summed E-state index contributed by atoms with van der Waals surface area (Å²) in [4.78, 5) is 28.8. The summed E-state index contributed by atoms with van der Waals surface area (Å²) in [6.07, 6.45) is 7.03. The predicted octanol–water partition coefficient (Wildman–Crippen LogP) is 2.61. The topological polar surface area (TPSA) is 49.9 Å². The fourth-order valence-corrected chi connectivity index (χ4v) is 3.71. The normalized spacial score (nSPS) is 21.4. The van der Waals surface area contributed by atoms with Crippen LogP contribution in [0, 0.1) is 12.3 Å². The number of ether oxygens (including phenoxy) is 1. The Labute approximate surface area is 157 Å². The molecule has 0 fully saturated rings. The number of likely N-dealkylation sites (N-methyl/N-ethyl adjacent to an activating group) is 1. The highest BCUT2D eigenvalue weighted by Crippen LogP contribution is 2.47. The summed E-state index contributed by atoms with van der Waals surface area (Å²) in [5.74, 6) is 2.64. The Hall–Kier alpha value is -3.52. The quantitative estimate of drug-likeness (QED) is 0.737. The molecule has 1 unspecified atom stereocenters. The largest absolute Gasteiger partial charge is 0.464 e. The number of amides is 2. The molecule has 2 amide bonds. The summed E-state index contributed by atoms with van der Waals surface area (Å²) >= 11 is 0. The molecule has 0 aliphatic carbocycles. The summed E-state index contributed by atoms with van der Waals surface area (Å²) in [6, 6.07) is 14.8. The molecular formula is C22H18N2O3. The minimum atomic E-state index is -1.26. The summed E-state index contributed by atoms with van der Waals surface area (Å²) in [7, 11) is 1.69. The summed E-state index contributed by atoms with van der Waals surface area (Å²) < 4.78 is 6.36. The highest BCUT2D eigenvalue weighted by Gasteiger charge is 2.52. The predicted molar refractivity (Wildman–Crippen MR) is 102 cm³/mol. The molecule has 0 bridgehead atoms. The van der Waals surface area contributed by atoms with Gasteiger partial charge in [-0.25, -0.2) is 0 Å².